The molecule has 2 aromatic carbocycles. The lowest BCUT2D eigenvalue weighted by atomic mass is 10.0. The van der Waals surface area contributed by atoms with Gasteiger partial charge in [-0.15, -0.1) is 0 Å². The molecule has 5 heteroatoms. The Morgan fingerprint density at radius 1 is 1.05 bits per heavy atom. The maximum absolute atomic E-state index is 12.8. The number of hydrogen-bond donors (Lipinski definition) is 1. The van der Waals surface area contributed by atoms with Crippen molar-refractivity contribution in [2.75, 3.05) is 0 Å². The Kier molecular flexibility index (Phi) is 4.02. The van der Waals surface area contributed by atoms with Crippen molar-refractivity contribution in [1.29, 1.82) is 0 Å². The first kappa shape index (κ1) is 15.2. The second kappa shape index (κ2) is 5.82. The first-order valence-electron chi connectivity index (χ1n) is 7.31. The van der Waals surface area contributed by atoms with Gasteiger partial charge in [-0.1, -0.05) is 24.3 Å². The van der Waals surface area contributed by atoms with Crippen LogP contribution in [0.3, 0.4) is 0 Å². The summed E-state index contributed by atoms with van der Waals surface area (Å²) in [6.07, 6.45) is 3.12. The smallest absolute Gasteiger partial charge is 0.225 e. The van der Waals surface area contributed by atoms with Crippen LogP contribution in [0.2, 0.25) is 0 Å². The van der Waals surface area contributed by atoms with E-state index < -0.39 is 10.0 Å². The number of hydrogen-bond acceptors (Lipinski definition) is 2. The van der Waals surface area contributed by atoms with E-state index in [9.17, 15) is 12.8 Å². The number of primary sulfonamides is 1. The fraction of sp³-hybridized carbons (Fsp3) is 0.294. The molecule has 1 fully saturated rings. The molecule has 3 nitrogen and oxygen atoms in total. The van der Waals surface area contributed by atoms with E-state index in [1.807, 2.05) is 24.3 Å². The number of rotatable bonds is 5. The van der Waals surface area contributed by atoms with Gasteiger partial charge < -0.3 is 0 Å². The topological polar surface area (TPSA) is 60.2 Å². The van der Waals surface area contributed by atoms with E-state index in [1.54, 1.807) is 12.1 Å². The second-order valence-electron chi connectivity index (χ2n) is 5.88. The fourth-order valence-corrected chi connectivity index (χ4v) is 3.40. The molecule has 3 rings (SSSR count). The summed E-state index contributed by atoms with van der Waals surface area (Å²) in [5.74, 6) is 0.906. The van der Waals surface area contributed by atoms with Gasteiger partial charge in [0, 0.05) is 0 Å². The Morgan fingerprint density at radius 3 is 2.27 bits per heavy atom. The quantitative estimate of drug-likeness (QED) is 0.920. The van der Waals surface area contributed by atoms with Crippen molar-refractivity contribution >= 4 is 10.0 Å². The Bertz CT molecular complexity index is 754. The van der Waals surface area contributed by atoms with Gasteiger partial charge in [0.15, 0.2) is 0 Å². The molecule has 0 aromatic heterocycles. The average Bonchev–Trinajstić information content (AvgIpc) is 3.26. The van der Waals surface area contributed by atoms with Crippen LogP contribution < -0.4 is 5.14 Å². The van der Waals surface area contributed by atoms with Gasteiger partial charge >= 0.3 is 0 Å². The predicted molar refractivity (Wildman–Crippen MR) is 83.4 cm³/mol. The minimum absolute atomic E-state index is 0.153. The fourth-order valence-electron chi connectivity index (χ4n) is 2.88. The molecule has 0 amide bonds. The highest BCUT2D eigenvalue weighted by molar-refractivity contribution is 7.89. The van der Waals surface area contributed by atoms with Crippen molar-refractivity contribution in [3.63, 3.8) is 0 Å². The number of benzene rings is 2. The van der Waals surface area contributed by atoms with Gasteiger partial charge in [0.2, 0.25) is 10.0 Å². The highest BCUT2D eigenvalue weighted by Crippen LogP contribution is 2.50. The van der Waals surface area contributed by atoms with Crippen molar-refractivity contribution in [2.24, 2.45) is 11.1 Å². The van der Waals surface area contributed by atoms with Crippen LogP contribution in [0, 0.1) is 11.7 Å². The molecule has 0 spiro atoms. The standard InChI is InChI=1S/C17H18FNO2S/c18-15-7-2-12(3-8-15)1-4-14-11-17(14)13-5-9-16(10-6-13)22(19,20)21/h2-3,5-10,14,17H,1,4,11H2,(H2,19,20,21)/t14-,17+/m0/s1. The van der Waals surface area contributed by atoms with Crippen molar-refractivity contribution in [2.45, 2.75) is 30.1 Å². The van der Waals surface area contributed by atoms with Gasteiger partial charge in [-0.05, 0) is 66.5 Å². The summed E-state index contributed by atoms with van der Waals surface area (Å²) in [5, 5.41) is 5.09. The van der Waals surface area contributed by atoms with E-state index >= 15 is 0 Å². The van der Waals surface area contributed by atoms with E-state index in [1.165, 1.54) is 12.1 Å². The first-order chi connectivity index (χ1) is 10.4. The van der Waals surface area contributed by atoms with Gasteiger partial charge in [-0.3, -0.25) is 0 Å². The molecule has 0 unspecified atom stereocenters. The second-order valence-corrected chi connectivity index (χ2v) is 7.44. The molecule has 0 heterocycles. The van der Waals surface area contributed by atoms with Crippen molar-refractivity contribution in [3.8, 4) is 0 Å². The van der Waals surface area contributed by atoms with Gasteiger partial charge in [0.05, 0.1) is 4.90 Å². The molecule has 1 saturated carbocycles. The highest BCUT2D eigenvalue weighted by Gasteiger charge is 2.37. The summed E-state index contributed by atoms with van der Waals surface area (Å²) in [5.41, 5.74) is 2.31. The van der Waals surface area contributed by atoms with Crippen LogP contribution in [-0.4, -0.2) is 8.42 Å². The van der Waals surface area contributed by atoms with Gasteiger partial charge in [0.25, 0.3) is 0 Å². The molecule has 1 aliphatic rings. The zero-order valence-electron chi connectivity index (χ0n) is 12.1. The van der Waals surface area contributed by atoms with E-state index in [2.05, 4.69) is 0 Å². The third kappa shape index (κ3) is 3.54. The van der Waals surface area contributed by atoms with Crippen molar-refractivity contribution in [1.82, 2.24) is 0 Å². The molecule has 116 valence electrons. The molecule has 1 aliphatic carbocycles. The summed E-state index contributed by atoms with van der Waals surface area (Å²) < 4.78 is 35.3. The number of sulfonamides is 1. The number of halogens is 1. The molecule has 2 atom stereocenters. The molecule has 0 aliphatic heterocycles. The Hall–Kier alpha value is -1.72. The Morgan fingerprint density at radius 2 is 1.68 bits per heavy atom. The van der Waals surface area contributed by atoms with Crippen molar-refractivity contribution in [3.05, 3.63) is 65.5 Å². The van der Waals surface area contributed by atoms with Crippen LogP contribution in [0.4, 0.5) is 4.39 Å². The van der Waals surface area contributed by atoms with Crippen LogP contribution in [0.1, 0.15) is 29.9 Å². The SMILES string of the molecule is NS(=O)(=O)c1ccc([C@H]2C[C@@H]2CCc2ccc(F)cc2)cc1. The minimum Gasteiger partial charge on any atom is -0.225 e. The van der Waals surface area contributed by atoms with Crippen LogP contribution in [0.5, 0.6) is 0 Å². The lowest BCUT2D eigenvalue weighted by Gasteiger charge is -2.03. The van der Waals surface area contributed by atoms with Gasteiger partial charge in [-0.25, -0.2) is 17.9 Å². The Labute approximate surface area is 130 Å². The third-order valence-corrected chi connectivity index (χ3v) is 5.21. The van der Waals surface area contributed by atoms with E-state index in [0.29, 0.717) is 11.8 Å². The molecule has 0 radical (unpaired) electrons. The summed E-state index contributed by atoms with van der Waals surface area (Å²) in [6, 6.07) is 13.5. The lowest BCUT2D eigenvalue weighted by Crippen LogP contribution is -2.11. The maximum atomic E-state index is 12.8. The minimum atomic E-state index is -3.62. The monoisotopic (exact) mass is 319 g/mol. The number of aryl methyl sites for hydroxylation is 1. The van der Waals surface area contributed by atoms with E-state index in [0.717, 1.165) is 30.4 Å². The molecule has 2 N–H and O–H groups in total. The third-order valence-electron chi connectivity index (χ3n) is 4.28. The molecular formula is C17H18FNO2S. The van der Waals surface area contributed by atoms with E-state index in [-0.39, 0.29) is 10.7 Å². The normalized spacial score (nSPS) is 20.8. The maximum Gasteiger partial charge on any atom is 0.238 e. The summed E-state index contributed by atoms with van der Waals surface area (Å²) in [6.45, 7) is 0. The van der Waals surface area contributed by atoms with E-state index in [4.69, 9.17) is 5.14 Å². The number of nitrogens with two attached hydrogens (primary N) is 1. The summed E-state index contributed by atoms with van der Waals surface area (Å²) in [7, 11) is -3.62. The van der Waals surface area contributed by atoms with Gasteiger partial charge in [0.1, 0.15) is 5.82 Å². The van der Waals surface area contributed by atoms with Crippen LogP contribution in [0.25, 0.3) is 0 Å². The van der Waals surface area contributed by atoms with Crippen molar-refractivity contribution < 1.29 is 12.8 Å². The lowest BCUT2D eigenvalue weighted by molar-refractivity contribution is 0.597. The van der Waals surface area contributed by atoms with Gasteiger partial charge in [-0.2, -0.15) is 0 Å². The highest BCUT2D eigenvalue weighted by atomic mass is 32.2. The average molecular weight is 319 g/mol. The Balaban J connectivity index is 1.57. The predicted octanol–water partition coefficient (Wildman–Crippen LogP) is 3.21. The first-order valence-corrected chi connectivity index (χ1v) is 8.85. The largest absolute Gasteiger partial charge is 0.238 e. The van der Waals surface area contributed by atoms with Crippen LogP contribution in [-0.2, 0) is 16.4 Å². The zero-order chi connectivity index (χ0) is 15.7. The molecule has 0 saturated heterocycles. The van der Waals surface area contributed by atoms with Crippen LogP contribution in [0.15, 0.2) is 53.4 Å². The summed E-state index contributed by atoms with van der Waals surface area (Å²) >= 11 is 0. The summed E-state index contributed by atoms with van der Waals surface area (Å²) in [4.78, 5) is 0.153. The van der Waals surface area contributed by atoms with Crippen LogP contribution >= 0.6 is 0 Å². The molecule has 22 heavy (non-hydrogen) atoms. The molecule has 2 aromatic rings. The molecular weight excluding hydrogens is 301 g/mol. The molecule has 0 bridgehead atoms. The zero-order valence-corrected chi connectivity index (χ0v) is 12.9.